The number of allylic oxidation sites excluding steroid dienone is 3. The monoisotopic (exact) mass is 953 g/mol. The van der Waals surface area contributed by atoms with E-state index in [0.717, 1.165) is 38.5 Å². The third-order valence-corrected chi connectivity index (χ3v) is 14.1. The Morgan fingerprint density at radius 3 is 1.18 bits per heavy atom. The van der Waals surface area contributed by atoms with Crippen LogP contribution in [0.1, 0.15) is 284 Å². The molecule has 0 spiro atoms. The second kappa shape index (κ2) is 49.0. The van der Waals surface area contributed by atoms with E-state index in [1.165, 1.54) is 225 Å². The first-order valence-electron chi connectivity index (χ1n) is 28.7. The van der Waals surface area contributed by atoms with Crippen molar-refractivity contribution in [2.45, 2.75) is 296 Å². The van der Waals surface area contributed by atoms with Crippen LogP contribution in [-0.4, -0.2) is 68.5 Å². The van der Waals surface area contributed by atoms with E-state index in [4.69, 9.17) is 9.05 Å². The predicted octanol–water partition coefficient (Wildman–Crippen LogP) is 16.6. The molecular weight excluding hydrogens is 840 g/mol. The van der Waals surface area contributed by atoms with E-state index in [0.29, 0.717) is 17.4 Å². The quantitative estimate of drug-likeness (QED) is 0.0272. The number of quaternary nitrogens is 1. The Morgan fingerprint density at radius 1 is 0.515 bits per heavy atom. The lowest BCUT2D eigenvalue weighted by Crippen LogP contribution is -2.45. The Morgan fingerprint density at radius 2 is 0.833 bits per heavy atom. The molecule has 0 saturated carbocycles. The molecule has 3 unspecified atom stereocenters. The Kier molecular flexibility index (Phi) is 48.2. The summed E-state index contributed by atoms with van der Waals surface area (Å²) in [6.07, 6.45) is 61.1. The first-order chi connectivity index (χ1) is 32.0. The van der Waals surface area contributed by atoms with Crippen molar-refractivity contribution in [3.8, 4) is 0 Å². The third kappa shape index (κ3) is 50.8. The molecule has 9 heteroatoms. The van der Waals surface area contributed by atoms with Crippen molar-refractivity contribution in [1.82, 2.24) is 5.32 Å². The number of phosphoric ester groups is 1. The molecule has 0 rings (SSSR count). The lowest BCUT2D eigenvalue weighted by Gasteiger charge is -2.29. The van der Waals surface area contributed by atoms with Gasteiger partial charge in [-0.15, -0.1) is 0 Å². The van der Waals surface area contributed by atoms with Gasteiger partial charge < -0.3 is 28.8 Å². The van der Waals surface area contributed by atoms with E-state index in [9.17, 15) is 19.4 Å². The maximum absolute atomic E-state index is 12.9. The molecule has 0 aromatic heterocycles. The lowest BCUT2D eigenvalue weighted by molar-refractivity contribution is -0.870. The highest BCUT2D eigenvalue weighted by Gasteiger charge is 2.23. The number of unbranched alkanes of at least 4 members (excludes halogenated alkanes) is 38. The molecule has 0 aliphatic carbocycles. The fraction of sp³-hybridized carbons (Fsp3) is 0.912. The summed E-state index contributed by atoms with van der Waals surface area (Å²) in [6.45, 7) is 4.68. The summed E-state index contributed by atoms with van der Waals surface area (Å²) in [5, 5.41) is 13.9. The number of amides is 1. The number of aliphatic hydroxyl groups is 1. The average molecular weight is 954 g/mol. The van der Waals surface area contributed by atoms with E-state index >= 15 is 0 Å². The van der Waals surface area contributed by atoms with Gasteiger partial charge in [-0.3, -0.25) is 9.36 Å². The van der Waals surface area contributed by atoms with Gasteiger partial charge in [-0.1, -0.05) is 256 Å². The molecule has 8 nitrogen and oxygen atoms in total. The molecule has 3 atom stereocenters. The number of likely N-dealkylation sites (N-methyl/N-ethyl adjacent to an activating group) is 1. The molecule has 66 heavy (non-hydrogen) atoms. The highest BCUT2D eigenvalue weighted by Crippen LogP contribution is 2.38. The maximum Gasteiger partial charge on any atom is 0.268 e. The van der Waals surface area contributed by atoms with Crippen LogP contribution in [0, 0.1) is 0 Å². The summed E-state index contributed by atoms with van der Waals surface area (Å²) in [4.78, 5) is 25.5. The third-order valence-electron chi connectivity index (χ3n) is 13.2. The van der Waals surface area contributed by atoms with E-state index in [1.807, 2.05) is 27.2 Å². The molecule has 0 fully saturated rings. The topological polar surface area (TPSA) is 108 Å². The number of nitrogens with one attached hydrogen (secondary N) is 1. The zero-order valence-corrected chi connectivity index (χ0v) is 45.6. The Labute approximate surface area is 411 Å². The minimum atomic E-state index is -4.60. The van der Waals surface area contributed by atoms with Crippen molar-refractivity contribution in [1.29, 1.82) is 0 Å². The van der Waals surface area contributed by atoms with Crippen LogP contribution < -0.4 is 10.2 Å². The van der Waals surface area contributed by atoms with Crippen LogP contribution in [0.25, 0.3) is 0 Å². The Balaban J connectivity index is 4.19. The van der Waals surface area contributed by atoms with Gasteiger partial charge in [0.25, 0.3) is 7.82 Å². The number of nitrogens with zero attached hydrogens (tertiary/aromatic N) is 1. The van der Waals surface area contributed by atoms with Crippen molar-refractivity contribution < 1.29 is 32.9 Å². The zero-order chi connectivity index (χ0) is 48.5. The van der Waals surface area contributed by atoms with E-state index < -0.39 is 20.0 Å². The molecule has 0 saturated heterocycles. The summed E-state index contributed by atoms with van der Waals surface area (Å²) < 4.78 is 23.3. The van der Waals surface area contributed by atoms with Gasteiger partial charge in [-0.25, -0.2) is 0 Å². The Bertz CT molecular complexity index is 1130. The van der Waals surface area contributed by atoms with Gasteiger partial charge in [-0.2, -0.15) is 0 Å². The molecule has 0 aromatic carbocycles. The van der Waals surface area contributed by atoms with Crippen LogP contribution in [0.15, 0.2) is 24.3 Å². The molecule has 0 heterocycles. The molecule has 0 aliphatic heterocycles. The maximum atomic E-state index is 12.9. The molecule has 1 amide bonds. The van der Waals surface area contributed by atoms with Crippen LogP contribution in [-0.2, 0) is 18.4 Å². The number of rotatable bonds is 53. The van der Waals surface area contributed by atoms with Crippen LogP contribution in [0.3, 0.4) is 0 Å². The first kappa shape index (κ1) is 65.0. The number of aliphatic hydroxyl groups excluding tert-OH is 1. The molecule has 392 valence electrons. The van der Waals surface area contributed by atoms with Crippen LogP contribution >= 0.6 is 7.82 Å². The summed E-state index contributed by atoms with van der Waals surface area (Å²) >= 11 is 0. The summed E-state index contributed by atoms with van der Waals surface area (Å²) in [6, 6.07) is -0.887. The minimum Gasteiger partial charge on any atom is -0.756 e. The second-order valence-electron chi connectivity index (χ2n) is 21.0. The van der Waals surface area contributed by atoms with Gasteiger partial charge in [0.2, 0.25) is 5.91 Å². The van der Waals surface area contributed by atoms with Crippen LogP contribution in [0.4, 0.5) is 0 Å². The van der Waals surface area contributed by atoms with E-state index in [1.54, 1.807) is 6.08 Å². The number of carbonyl (C=O) groups is 1. The number of phosphoric acid groups is 1. The van der Waals surface area contributed by atoms with Crippen molar-refractivity contribution >= 4 is 13.7 Å². The van der Waals surface area contributed by atoms with E-state index in [-0.39, 0.29) is 19.1 Å². The lowest BCUT2D eigenvalue weighted by atomic mass is 10.0. The summed E-state index contributed by atoms with van der Waals surface area (Å²) in [7, 11) is 1.27. The van der Waals surface area contributed by atoms with Gasteiger partial charge in [0.1, 0.15) is 13.2 Å². The van der Waals surface area contributed by atoms with Crippen molar-refractivity contribution in [2.75, 3.05) is 40.9 Å². The molecule has 0 aliphatic rings. The van der Waals surface area contributed by atoms with Crippen molar-refractivity contribution in [2.24, 2.45) is 0 Å². The molecular formula is C57H113N2O6P. The predicted molar refractivity (Wildman–Crippen MR) is 284 cm³/mol. The molecule has 0 aromatic rings. The van der Waals surface area contributed by atoms with Gasteiger partial charge in [-0.05, 0) is 44.9 Å². The summed E-state index contributed by atoms with van der Waals surface area (Å²) in [5.41, 5.74) is 0. The van der Waals surface area contributed by atoms with Crippen LogP contribution in [0.5, 0.6) is 0 Å². The Hall–Kier alpha value is -1.02. The SMILES string of the molecule is CCCCCCCCC/C=C\CCCCCCCCCC(=O)NC(COP(=O)([O-])OCC[N+](C)(C)C)C(O)/C=C/CCCCCCCCCCCCCCCCCCCCCCCCCC. The van der Waals surface area contributed by atoms with Gasteiger partial charge >= 0.3 is 0 Å². The first-order valence-corrected chi connectivity index (χ1v) is 30.2. The standard InChI is InChI=1S/C57H113N2O6P/c1-6-8-10-12-14-16-18-20-22-24-26-27-28-29-30-31-32-33-34-36-38-40-42-44-46-48-50-56(60)55(54-65-66(62,63)64-53-52-59(3,4)5)58-57(61)51-49-47-45-43-41-39-37-35-25-23-21-19-17-15-13-11-9-7-2/h23,25,48,50,55-56,60H,6-22,24,26-47,49,51-54H2,1-5H3,(H-,58,61,62,63)/b25-23-,50-48+. The van der Waals surface area contributed by atoms with Crippen molar-refractivity contribution in [3.63, 3.8) is 0 Å². The molecule has 0 radical (unpaired) electrons. The van der Waals surface area contributed by atoms with Gasteiger partial charge in [0, 0.05) is 6.42 Å². The molecule has 0 bridgehead atoms. The highest BCUT2D eigenvalue weighted by atomic mass is 31.2. The van der Waals surface area contributed by atoms with Crippen molar-refractivity contribution in [3.05, 3.63) is 24.3 Å². The average Bonchev–Trinajstić information content (AvgIpc) is 3.28. The number of carbonyl (C=O) groups excluding carboxylic acids is 1. The second-order valence-corrected chi connectivity index (χ2v) is 22.4. The number of hydrogen-bond donors (Lipinski definition) is 2. The van der Waals surface area contributed by atoms with Gasteiger partial charge in [0.15, 0.2) is 0 Å². The fourth-order valence-corrected chi connectivity index (χ4v) is 9.34. The fourth-order valence-electron chi connectivity index (χ4n) is 8.62. The highest BCUT2D eigenvalue weighted by molar-refractivity contribution is 7.45. The minimum absolute atomic E-state index is 0.000244. The van der Waals surface area contributed by atoms with Gasteiger partial charge in [0.05, 0.1) is 39.9 Å². The zero-order valence-electron chi connectivity index (χ0n) is 44.7. The van der Waals surface area contributed by atoms with Crippen LogP contribution in [0.2, 0.25) is 0 Å². The molecule has 2 N–H and O–H groups in total. The number of hydrogen-bond acceptors (Lipinski definition) is 6. The smallest absolute Gasteiger partial charge is 0.268 e. The largest absolute Gasteiger partial charge is 0.756 e. The van der Waals surface area contributed by atoms with E-state index in [2.05, 4.69) is 31.3 Å². The summed E-state index contributed by atoms with van der Waals surface area (Å²) in [5.74, 6) is -0.198. The normalized spacial score (nSPS) is 14.1.